The maximum Gasteiger partial charge on any atom is 0.305 e. The van der Waals surface area contributed by atoms with Crippen LogP contribution in [0.25, 0.3) is 0 Å². The standard InChI is InChI=1S/C11H18N2O2S2/c1-15-9(14)5-3-2-4-8-10-7(6-17-8)12-11(16)13-10/h7-8,10H,2-6H2,1H3,(H2,12,13,16)/t7-,8?,10?/m0/s1. The molecule has 0 aromatic rings. The molecule has 0 saturated carbocycles. The van der Waals surface area contributed by atoms with Crippen molar-refractivity contribution in [2.45, 2.75) is 43.0 Å². The molecule has 0 aromatic heterocycles. The van der Waals surface area contributed by atoms with Crippen molar-refractivity contribution in [1.29, 1.82) is 0 Å². The second-order valence-corrected chi connectivity index (χ2v) is 6.12. The van der Waals surface area contributed by atoms with E-state index in [4.69, 9.17) is 12.2 Å². The lowest BCUT2D eigenvalue weighted by atomic mass is 10.0. The van der Waals surface area contributed by atoms with Crippen LogP contribution in [0.3, 0.4) is 0 Å². The number of hydrogen-bond donors (Lipinski definition) is 2. The Morgan fingerprint density at radius 1 is 1.53 bits per heavy atom. The normalized spacial score (nSPS) is 30.6. The minimum absolute atomic E-state index is 0.108. The van der Waals surface area contributed by atoms with E-state index < -0.39 is 0 Å². The molecule has 2 aliphatic rings. The monoisotopic (exact) mass is 274 g/mol. The second-order valence-electron chi connectivity index (χ2n) is 4.44. The summed E-state index contributed by atoms with van der Waals surface area (Å²) in [6.07, 6.45) is 3.66. The van der Waals surface area contributed by atoms with Crippen molar-refractivity contribution in [3.05, 3.63) is 0 Å². The van der Waals surface area contributed by atoms with Crippen LogP contribution >= 0.6 is 24.0 Å². The first-order chi connectivity index (χ1) is 8.20. The summed E-state index contributed by atoms with van der Waals surface area (Å²) in [4.78, 5) is 11.0. The molecule has 0 radical (unpaired) electrons. The predicted octanol–water partition coefficient (Wildman–Crippen LogP) is 1.05. The highest BCUT2D eigenvalue weighted by atomic mass is 32.2. The average molecular weight is 274 g/mol. The number of unbranched alkanes of at least 4 members (excludes halogenated alkanes) is 1. The Bertz CT molecular complexity index is 312. The van der Waals surface area contributed by atoms with Gasteiger partial charge in [-0.1, -0.05) is 6.42 Å². The first-order valence-corrected chi connectivity index (χ1v) is 7.42. The van der Waals surface area contributed by atoms with Gasteiger partial charge < -0.3 is 15.4 Å². The quantitative estimate of drug-likeness (QED) is 0.444. The average Bonchev–Trinajstić information content (AvgIpc) is 2.84. The number of thiocarbonyl (C=S) groups is 1. The number of carbonyl (C=O) groups is 1. The van der Waals surface area contributed by atoms with E-state index in [1.807, 2.05) is 11.8 Å². The third-order valence-corrected chi connectivity index (χ3v) is 5.03. The highest BCUT2D eigenvalue weighted by Crippen LogP contribution is 2.33. The lowest BCUT2D eigenvalue weighted by molar-refractivity contribution is -0.140. The minimum Gasteiger partial charge on any atom is -0.469 e. The van der Waals surface area contributed by atoms with Crippen molar-refractivity contribution in [2.24, 2.45) is 0 Å². The predicted molar refractivity (Wildman–Crippen MR) is 73.2 cm³/mol. The van der Waals surface area contributed by atoms with Gasteiger partial charge in [0.05, 0.1) is 19.2 Å². The molecule has 0 amide bonds. The Balaban J connectivity index is 1.66. The molecule has 96 valence electrons. The zero-order chi connectivity index (χ0) is 12.3. The van der Waals surface area contributed by atoms with Gasteiger partial charge in [-0.15, -0.1) is 0 Å². The summed E-state index contributed by atoms with van der Waals surface area (Å²) in [5, 5.41) is 8.03. The van der Waals surface area contributed by atoms with Crippen molar-refractivity contribution < 1.29 is 9.53 Å². The molecule has 3 atom stereocenters. The Hall–Kier alpha value is -0.490. The number of methoxy groups -OCH3 is 1. The van der Waals surface area contributed by atoms with Crippen molar-refractivity contribution in [1.82, 2.24) is 10.6 Å². The lowest BCUT2D eigenvalue weighted by Crippen LogP contribution is -2.36. The smallest absolute Gasteiger partial charge is 0.305 e. The SMILES string of the molecule is COC(=O)CCCCC1SC[C@@H]2NC(=S)NC12. The van der Waals surface area contributed by atoms with Crippen molar-refractivity contribution in [3.8, 4) is 0 Å². The van der Waals surface area contributed by atoms with Gasteiger partial charge in [-0.3, -0.25) is 4.79 Å². The number of esters is 1. The highest BCUT2D eigenvalue weighted by Gasteiger charge is 2.41. The molecule has 2 heterocycles. The van der Waals surface area contributed by atoms with Crippen molar-refractivity contribution in [2.75, 3.05) is 12.9 Å². The van der Waals surface area contributed by atoms with Crippen LogP contribution in [0.15, 0.2) is 0 Å². The molecule has 2 unspecified atom stereocenters. The van der Waals surface area contributed by atoms with Crippen LogP contribution in [0.5, 0.6) is 0 Å². The largest absolute Gasteiger partial charge is 0.469 e. The summed E-state index contributed by atoms with van der Waals surface area (Å²) in [6, 6.07) is 0.976. The van der Waals surface area contributed by atoms with Crippen molar-refractivity contribution >= 4 is 35.1 Å². The van der Waals surface area contributed by atoms with Gasteiger partial charge in [0.1, 0.15) is 0 Å². The fraction of sp³-hybridized carbons (Fsp3) is 0.818. The molecule has 2 N–H and O–H groups in total. The third-order valence-electron chi connectivity index (χ3n) is 3.29. The molecule has 0 bridgehead atoms. The molecule has 0 spiro atoms. The zero-order valence-corrected chi connectivity index (χ0v) is 11.5. The number of hydrogen-bond acceptors (Lipinski definition) is 4. The van der Waals surface area contributed by atoms with Gasteiger partial charge in [-0.05, 0) is 25.1 Å². The molecule has 2 rings (SSSR count). The maximum atomic E-state index is 11.0. The molecule has 2 saturated heterocycles. The minimum atomic E-state index is -0.108. The topological polar surface area (TPSA) is 50.4 Å². The summed E-state index contributed by atoms with van der Waals surface area (Å²) >= 11 is 7.12. The third kappa shape index (κ3) is 3.25. The second kappa shape index (κ2) is 5.91. The van der Waals surface area contributed by atoms with Gasteiger partial charge in [0.2, 0.25) is 0 Å². The van der Waals surface area contributed by atoms with Gasteiger partial charge in [0.15, 0.2) is 5.11 Å². The van der Waals surface area contributed by atoms with E-state index >= 15 is 0 Å². The zero-order valence-electron chi connectivity index (χ0n) is 9.90. The van der Waals surface area contributed by atoms with Crippen LogP contribution in [-0.2, 0) is 9.53 Å². The van der Waals surface area contributed by atoms with E-state index in [-0.39, 0.29) is 5.97 Å². The van der Waals surface area contributed by atoms with Crippen LogP contribution in [0, 0.1) is 0 Å². The fourth-order valence-corrected chi connectivity index (χ4v) is 4.19. The number of ether oxygens (including phenoxy) is 1. The van der Waals surface area contributed by atoms with Gasteiger partial charge in [-0.2, -0.15) is 11.8 Å². The van der Waals surface area contributed by atoms with E-state index in [2.05, 4.69) is 15.4 Å². The molecular weight excluding hydrogens is 256 g/mol. The summed E-state index contributed by atoms with van der Waals surface area (Å²) in [6.45, 7) is 0. The molecule has 4 nitrogen and oxygen atoms in total. The van der Waals surface area contributed by atoms with Crippen LogP contribution < -0.4 is 10.6 Å². The number of fused-ring (bicyclic) bond motifs is 1. The number of thioether (sulfide) groups is 1. The molecule has 0 aromatic carbocycles. The van der Waals surface area contributed by atoms with Gasteiger partial charge in [0.25, 0.3) is 0 Å². The van der Waals surface area contributed by atoms with Gasteiger partial charge in [-0.25, -0.2) is 0 Å². The van der Waals surface area contributed by atoms with Crippen molar-refractivity contribution in [3.63, 3.8) is 0 Å². The van der Waals surface area contributed by atoms with Crippen LogP contribution in [0.1, 0.15) is 25.7 Å². The first-order valence-electron chi connectivity index (χ1n) is 5.96. The first kappa shape index (κ1) is 13.0. The summed E-state index contributed by atoms with van der Waals surface area (Å²) in [7, 11) is 1.44. The van der Waals surface area contributed by atoms with Crippen LogP contribution in [0.4, 0.5) is 0 Å². The van der Waals surface area contributed by atoms with E-state index in [1.165, 1.54) is 7.11 Å². The molecule has 6 heteroatoms. The van der Waals surface area contributed by atoms with Crippen LogP contribution in [0.2, 0.25) is 0 Å². The van der Waals surface area contributed by atoms with Gasteiger partial charge in [0, 0.05) is 17.4 Å². The summed E-state index contributed by atoms with van der Waals surface area (Å²) in [5.41, 5.74) is 0. The Morgan fingerprint density at radius 2 is 2.35 bits per heavy atom. The van der Waals surface area contributed by atoms with Crippen LogP contribution in [-0.4, -0.2) is 41.3 Å². The number of rotatable bonds is 5. The van der Waals surface area contributed by atoms with E-state index in [0.29, 0.717) is 23.8 Å². The van der Waals surface area contributed by atoms with E-state index in [9.17, 15) is 4.79 Å². The number of carbonyl (C=O) groups excluding carboxylic acids is 1. The molecule has 17 heavy (non-hydrogen) atoms. The maximum absolute atomic E-state index is 11.0. The Kier molecular flexibility index (Phi) is 4.50. The summed E-state index contributed by atoms with van der Waals surface area (Å²) in [5.74, 6) is 1.02. The highest BCUT2D eigenvalue weighted by molar-refractivity contribution is 8.00. The Morgan fingerprint density at radius 3 is 3.12 bits per heavy atom. The molecular formula is C11H18N2O2S2. The van der Waals surface area contributed by atoms with E-state index in [0.717, 1.165) is 30.1 Å². The fourth-order valence-electron chi connectivity index (χ4n) is 2.36. The molecule has 0 aliphatic carbocycles. The molecule has 2 fully saturated rings. The summed E-state index contributed by atoms with van der Waals surface area (Å²) < 4.78 is 4.62. The molecule has 2 aliphatic heterocycles. The van der Waals surface area contributed by atoms with E-state index in [1.54, 1.807) is 0 Å². The van der Waals surface area contributed by atoms with Gasteiger partial charge >= 0.3 is 5.97 Å². The number of nitrogens with one attached hydrogen (secondary N) is 2. The Labute approximate surface area is 111 Å². The lowest BCUT2D eigenvalue weighted by Gasteiger charge is -2.16.